The third-order valence-electron chi connectivity index (χ3n) is 3.47. The summed E-state index contributed by atoms with van der Waals surface area (Å²) in [7, 11) is 1.55. The molecular formula is C15H24N2O3. The molecule has 20 heavy (non-hydrogen) atoms. The SMILES string of the molecule is CCC(CC)N(CCO)C(=O)c1ccc(OC)cc1N. The second-order valence-electron chi connectivity index (χ2n) is 4.65. The number of nitrogens with zero attached hydrogens (tertiary/aromatic N) is 1. The molecule has 0 heterocycles. The Bertz CT molecular complexity index is 445. The highest BCUT2D eigenvalue weighted by Gasteiger charge is 2.23. The van der Waals surface area contributed by atoms with Crippen molar-refractivity contribution in [3.8, 4) is 5.75 Å². The molecule has 112 valence electrons. The van der Waals surface area contributed by atoms with E-state index in [0.29, 0.717) is 23.5 Å². The van der Waals surface area contributed by atoms with Crippen molar-refractivity contribution in [1.29, 1.82) is 0 Å². The summed E-state index contributed by atoms with van der Waals surface area (Å²) < 4.78 is 5.08. The molecule has 0 aliphatic heterocycles. The monoisotopic (exact) mass is 280 g/mol. The number of nitrogen functional groups attached to an aromatic ring is 1. The van der Waals surface area contributed by atoms with E-state index in [1.807, 2.05) is 13.8 Å². The van der Waals surface area contributed by atoms with Gasteiger partial charge in [0.15, 0.2) is 0 Å². The number of benzene rings is 1. The van der Waals surface area contributed by atoms with Crippen LogP contribution in [0.4, 0.5) is 5.69 Å². The molecule has 0 aliphatic rings. The second-order valence-corrected chi connectivity index (χ2v) is 4.65. The van der Waals surface area contributed by atoms with Crippen LogP contribution < -0.4 is 10.5 Å². The van der Waals surface area contributed by atoms with E-state index in [2.05, 4.69) is 0 Å². The third-order valence-corrected chi connectivity index (χ3v) is 3.47. The Labute approximate surface area is 120 Å². The average Bonchev–Trinajstić information content (AvgIpc) is 2.46. The molecule has 5 nitrogen and oxygen atoms in total. The van der Waals surface area contributed by atoms with Crippen LogP contribution in [0, 0.1) is 0 Å². The minimum absolute atomic E-state index is 0.0572. The lowest BCUT2D eigenvalue weighted by Gasteiger charge is -2.30. The van der Waals surface area contributed by atoms with E-state index in [-0.39, 0.29) is 18.6 Å². The average molecular weight is 280 g/mol. The van der Waals surface area contributed by atoms with E-state index in [1.54, 1.807) is 30.2 Å². The van der Waals surface area contributed by atoms with E-state index in [0.717, 1.165) is 12.8 Å². The van der Waals surface area contributed by atoms with E-state index < -0.39 is 0 Å². The molecule has 1 rings (SSSR count). The Morgan fingerprint density at radius 3 is 2.50 bits per heavy atom. The number of hydrogen-bond donors (Lipinski definition) is 2. The number of carbonyl (C=O) groups is 1. The first-order valence-corrected chi connectivity index (χ1v) is 6.94. The van der Waals surface area contributed by atoms with Gasteiger partial charge in [-0.3, -0.25) is 4.79 Å². The van der Waals surface area contributed by atoms with Gasteiger partial charge < -0.3 is 20.5 Å². The Hall–Kier alpha value is -1.75. The lowest BCUT2D eigenvalue weighted by atomic mass is 10.1. The Morgan fingerprint density at radius 1 is 1.40 bits per heavy atom. The number of nitrogens with two attached hydrogens (primary N) is 1. The summed E-state index contributed by atoms with van der Waals surface area (Å²) in [5, 5.41) is 9.18. The van der Waals surface area contributed by atoms with Gasteiger partial charge in [0.2, 0.25) is 0 Å². The summed E-state index contributed by atoms with van der Waals surface area (Å²) in [4.78, 5) is 14.3. The smallest absolute Gasteiger partial charge is 0.256 e. The predicted molar refractivity (Wildman–Crippen MR) is 79.9 cm³/mol. The molecule has 0 aliphatic carbocycles. The summed E-state index contributed by atoms with van der Waals surface area (Å²) >= 11 is 0. The van der Waals surface area contributed by atoms with Gasteiger partial charge in [-0.25, -0.2) is 0 Å². The summed E-state index contributed by atoms with van der Waals surface area (Å²) in [6.45, 7) is 4.32. The number of ether oxygens (including phenoxy) is 1. The zero-order valence-corrected chi connectivity index (χ0v) is 12.4. The minimum atomic E-state index is -0.145. The summed E-state index contributed by atoms with van der Waals surface area (Å²) in [6.07, 6.45) is 1.69. The number of rotatable bonds is 7. The first-order valence-electron chi connectivity index (χ1n) is 6.94. The fraction of sp³-hybridized carbons (Fsp3) is 0.533. The van der Waals surface area contributed by atoms with Crippen LogP contribution in [0.15, 0.2) is 18.2 Å². The van der Waals surface area contributed by atoms with Crippen LogP contribution in [0.5, 0.6) is 5.75 Å². The van der Waals surface area contributed by atoms with Gasteiger partial charge in [-0.2, -0.15) is 0 Å². The van der Waals surface area contributed by atoms with Crippen LogP contribution in [0.25, 0.3) is 0 Å². The normalized spacial score (nSPS) is 10.7. The standard InChI is InChI=1S/C15H24N2O3/c1-4-11(5-2)17(8-9-18)15(19)13-7-6-12(20-3)10-14(13)16/h6-7,10-11,18H,4-5,8-9,16H2,1-3H3. The highest BCUT2D eigenvalue weighted by atomic mass is 16.5. The number of anilines is 1. The van der Waals surface area contributed by atoms with E-state index >= 15 is 0 Å². The molecule has 1 aromatic rings. The topological polar surface area (TPSA) is 75.8 Å². The van der Waals surface area contributed by atoms with E-state index in [4.69, 9.17) is 10.5 Å². The zero-order chi connectivity index (χ0) is 15.1. The number of methoxy groups -OCH3 is 1. The van der Waals surface area contributed by atoms with Gasteiger partial charge in [-0.15, -0.1) is 0 Å². The maximum atomic E-state index is 12.6. The molecule has 0 bridgehead atoms. The zero-order valence-electron chi connectivity index (χ0n) is 12.4. The molecule has 3 N–H and O–H groups in total. The lowest BCUT2D eigenvalue weighted by molar-refractivity contribution is 0.0623. The van der Waals surface area contributed by atoms with Crippen LogP contribution in [-0.2, 0) is 0 Å². The summed E-state index contributed by atoms with van der Waals surface area (Å²) in [5.74, 6) is 0.475. The number of aliphatic hydroxyl groups is 1. The van der Waals surface area contributed by atoms with Crippen molar-refractivity contribution >= 4 is 11.6 Å². The molecule has 0 aromatic heterocycles. The fourth-order valence-electron chi connectivity index (χ4n) is 2.30. The molecular weight excluding hydrogens is 256 g/mol. The second kappa shape index (κ2) is 7.75. The molecule has 0 radical (unpaired) electrons. The lowest BCUT2D eigenvalue weighted by Crippen LogP contribution is -2.41. The first-order chi connectivity index (χ1) is 9.58. The van der Waals surface area contributed by atoms with Gasteiger partial charge in [-0.1, -0.05) is 13.8 Å². The quantitative estimate of drug-likeness (QED) is 0.748. The minimum Gasteiger partial charge on any atom is -0.497 e. The number of amides is 1. The van der Waals surface area contributed by atoms with Gasteiger partial charge in [0.25, 0.3) is 5.91 Å². The molecule has 5 heteroatoms. The molecule has 0 spiro atoms. The Kier molecular flexibility index (Phi) is 6.31. The van der Waals surface area contributed by atoms with Crippen LogP contribution in [-0.4, -0.2) is 42.2 Å². The Morgan fingerprint density at radius 2 is 2.05 bits per heavy atom. The molecule has 0 saturated heterocycles. The van der Waals surface area contributed by atoms with Gasteiger partial charge in [-0.05, 0) is 25.0 Å². The maximum absolute atomic E-state index is 12.6. The van der Waals surface area contributed by atoms with Crippen LogP contribution in [0.3, 0.4) is 0 Å². The van der Waals surface area contributed by atoms with Gasteiger partial charge in [0, 0.05) is 24.3 Å². The molecule has 0 saturated carbocycles. The van der Waals surface area contributed by atoms with E-state index in [9.17, 15) is 9.90 Å². The molecule has 0 atom stereocenters. The summed E-state index contributed by atoms with van der Waals surface area (Å²) in [6, 6.07) is 5.13. The van der Waals surface area contributed by atoms with Crippen molar-refractivity contribution in [3.05, 3.63) is 23.8 Å². The highest BCUT2D eigenvalue weighted by molar-refractivity contribution is 5.99. The van der Waals surface area contributed by atoms with Crippen LogP contribution in [0.1, 0.15) is 37.0 Å². The van der Waals surface area contributed by atoms with Gasteiger partial charge in [0.1, 0.15) is 5.75 Å². The fourth-order valence-corrected chi connectivity index (χ4v) is 2.30. The van der Waals surface area contributed by atoms with Crippen molar-refractivity contribution < 1.29 is 14.6 Å². The number of carbonyl (C=O) groups excluding carboxylic acids is 1. The van der Waals surface area contributed by atoms with Gasteiger partial charge in [0.05, 0.1) is 19.3 Å². The van der Waals surface area contributed by atoms with Crippen molar-refractivity contribution in [1.82, 2.24) is 4.90 Å². The predicted octanol–water partition coefficient (Wildman–Crippen LogP) is 1.90. The molecule has 1 amide bonds. The van der Waals surface area contributed by atoms with E-state index in [1.165, 1.54) is 0 Å². The number of aliphatic hydroxyl groups excluding tert-OH is 1. The third kappa shape index (κ3) is 3.63. The maximum Gasteiger partial charge on any atom is 0.256 e. The van der Waals surface area contributed by atoms with Crippen molar-refractivity contribution in [2.24, 2.45) is 0 Å². The highest BCUT2D eigenvalue weighted by Crippen LogP contribution is 2.22. The molecule has 0 unspecified atom stereocenters. The largest absolute Gasteiger partial charge is 0.497 e. The first kappa shape index (κ1) is 16.3. The molecule has 1 aromatic carbocycles. The van der Waals surface area contributed by atoms with Crippen LogP contribution in [0.2, 0.25) is 0 Å². The molecule has 0 fully saturated rings. The van der Waals surface area contributed by atoms with Gasteiger partial charge >= 0.3 is 0 Å². The number of hydrogen-bond acceptors (Lipinski definition) is 4. The Balaban J connectivity index is 3.05. The van der Waals surface area contributed by atoms with Crippen molar-refractivity contribution in [2.45, 2.75) is 32.7 Å². The van der Waals surface area contributed by atoms with Crippen molar-refractivity contribution in [2.75, 3.05) is 26.0 Å². The van der Waals surface area contributed by atoms with Crippen LogP contribution >= 0.6 is 0 Å². The van der Waals surface area contributed by atoms with Crippen molar-refractivity contribution in [3.63, 3.8) is 0 Å². The summed E-state index contributed by atoms with van der Waals surface area (Å²) in [5.41, 5.74) is 6.77.